The van der Waals surface area contributed by atoms with Crippen molar-refractivity contribution in [1.29, 1.82) is 0 Å². The Morgan fingerprint density at radius 3 is 2.25 bits per heavy atom. The maximum Gasteiger partial charge on any atom is 0.0290 e. The molecule has 0 radical (unpaired) electrons. The van der Waals surface area contributed by atoms with Crippen LogP contribution in [-0.4, -0.2) is 0 Å². The molecule has 0 heteroatoms. The van der Waals surface area contributed by atoms with Crippen LogP contribution in [0.3, 0.4) is 0 Å². The molecule has 0 nitrogen and oxygen atoms in total. The normalized spacial score (nSPS) is 14.7. The van der Waals surface area contributed by atoms with Gasteiger partial charge in [-0.3, -0.25) is 0 Å². The van der Waals surface area contributed by atoms with Crippen molar-refractivity contribution < 1.29 is 0 Å². The van der Waals surface area contributed by atoms with Crippen LogP contribution in [0.2, 0.25) is 0 Å². The van der Waals surface area contributed by atoms with Crippen molar-refractivity contribution >= 4 is 0 Å². The number of terminal acetylenes is 1. The third kappa shape index (κ3) is 7.05. The van der Waals surface area contributed by atoms with Crippen LogP contribution in [0.5, 0.6) is 0 Å². The van der Waals surface area contributed by atoms with E-state index in [2.05, 4.69) is 91.0 Å². The van der Waals surface area contributed by atoms with E-state index in [-0.39, 0.29) is 5.92 Å². The average molecular weight is 375 g/mol. The molecule has 0 N–H and O–H groups in total. The van der Waals surface area contributed by atoms with Crippen LogP contribution in [0.1, 0.15) is 77.3 Å². The van der Waals surface area contributed by atoms with E-state index in [0.717, 1.165) is 36.8 Å². The molecule has 0 amide bonds. The highest BCUT2D eigenvalue weighted by atomic mass is 14.2. The molecule has 1 aromatic rings. The van der Waals surface area contributed by atoms with E-state index in [1.165, 1.54) is 27.8 Å². The van der Waals surface area contributed by atoms with E-state index in [1.807, 2.05) is 0 Å². The topological polar surface area (TPSA) is 0 Å². The van der Waals surface area contributed by atoms with Crippen molar-refractivity contribution in [3.63, 3.8) is 0 Å². The van der Waals surface area contributed by atoms with Gasteiger partial charge in [0.25, 0.3) is 0 Å². The van der Waals surface area contributed by atoms with E-state index >= 15 is 0 Å². The Bertz CT molecular complexity index is 774. The number of allylic oxidation sites excluding steroid dienone is 6. The summed E-state index contributed by atoms with van der Waals surface area (Å²) in [4.78, 5) is 0. The summed E-state index contributed by atoms with van der Waals surface area (Å²) in [6, 6.07) is 8.74. The Morgan fingerprint density at radius 2 is 1.75 bits per heavy atom. The first kappa shape index (κ1) is 23.8. The molecule has 0 fully saturated rings. The van der Waals surface area contributed by atoms with Crippen LogP contribution in [0.25, 0.3) is 0 Å². The zero-order valence-corrected chi connectivity index (χ0v) is 18.9. The van der Waals surface area contributed by atoms with Gasteiger partial charge in [-0.25, -0.2) is 0 Å². The maximum absolute atomic E-state index is 5.49. The molecular formula is C28H38. The first-order valence-electron chi connectivity index (χ1n) is 10.4. The van der Waals surface area contributed by atoms with Crippen LogP contribution in [0.4, 0.5) is 0 Å². The second kappa shape index (κ2) is 11.6. The molecule has 0 saturated carbocycles. The van der Waals surface area contributed by atoms with Gasteiger partial charge in [-0.05, 0) is 70.1 Å². The third-order valence-electron chi connectivity index (χ3n) is 5.58. The molecule has 0 spiro atoms. The van der Waals surface area contributed by atoms with Crippen molar-refractivity contribution in [3.05, 3.63) is 82.5 Å². The number of benzene rings is 1. The Hall–Kier alpha value is -2.26. The predicted molar refractivity (Wildman–Crippen MR) is 126 cm³/mol. The molecule has 1 aromatic carbocycles. The highest BCUT2D eigenvalue weighted by Gasteiger charge is 2.18. The second-order valence-electron chi connectivity index (χ2n) is 8.16. The lowest BCUT2D eigenvalue weighted by atomic mass is 9.81. The van der Waals surface area contributed by atoms with Gasteiger partial charge in [0.2, 0.25) is 0 Å². The maximum atomic E-state index is 5.49. The number of aryl methyl sites for hydroxylation is 1. The minimum Gasteiger partial charge on any atom is -0.120 e. The Morgan fingerprint density at radius 1 is 1.14 bits per heavy atom. The molecule has 0 heterocycles. The molecule has 0 aromatic heterocycles. The first-order valence-corrected chi connectivity index (χ1v) is 10.4. The monoisotopic (exact) mass is 374 g/mol. The van der Waals surface area contributed by atoms with Gasteiger partial charge in [0.1, 0.15) is 0 Å². The lowest BCUT2D eigenvalue weighted by Gasteiger charge is -2.23. The van der Waals surface area contributed by atoms with Gasteiger partial charge in [-0.2, -0.15) is 0 Å². The van der Waals surface area contributed by atoms with Crippen LogP contribution >= 0.6 is 0 Å². The fourth-order valence-corrected chi connectivity index (χ4v) is 3.49. The average Bonchev–Trinajstić information content (AvgIpc) is 2.66. The standard InChI is InChI=1S/C28H38/c1-10-21(5)13-12-14-23(7)24(8)19-26(11-2)25(9)28(20(3)4)27-17-15-22(6)16-18-27/h1,15-19,21,28H,3,9,11-14H2,2,4-8H3/b24-23+,26-19+. The smallest absolute Gasteiger partial charge is 0.0290 e. The quantitative estimate of drug-likeness (QED) is 0.219. The van der Waals surface area contributed by atoms with E-state index in [0.29, 0.717) is 5.92 Å². The van der Waals surface area contributed by atoms with Crippen LogP contribution in [0, 0.1) is 25.2 Å². The fraction of sp³-hybridized carbons (Fsp3) is 0.429. The van der Waals surface area contributed by atoms with E-state index < -0.39 is 0 Å². The molecule has 150 valence electrons. The largest absolute Gasteiger partial charge is 0.120 e. The Balaban J connectivity index is 3.06. The summed E-state index contributed by atoms with van der Waals surface area (Å²) in [5.41, 5.74) is 8.92. The summed E-state index contributed by atoms with van der Waals surface area (Å²) in [5.74, 6) is 3.34. The second-order valence-corrected chi connectivity index (χ2v) is 8.16. The van der Waals surface area contributed by atoms with E-state index in [1.54, 1.807) is 0 Å². The Labute approximate surface area is 174 Å². The highest BCUT2D eigenvalue weighted by Crippen LogP contribution is 2.35. The third-order valence-corrected chi connectivity index (χ3v) is 5.58. The summed E-state index contributed by atoms with van der Waals surface area (Å²) in [6.45, 7) is 21.7. The first-order chi connectivity index (χ1) is 13.2. The lowest BCUT2D eigenvalue weighted by molar-refractivity contribution is 0.620. The SMILES string of the molecule is C#CC(C)CCC/C(C)=C(C)/C=C(\CC)C(=C)C(C(=C)C)c1ccc(C)cc1. The summed E-state index contributed by atoms with van der Waals surface area (Å²) in [5, 5.41) is 0. The van der Waals surface area contributed by atoms with Crippen molar-refractivity contribution in [3.8, 4) is 12.3 Å². The van der Waals surface area contributed by atoms with Crippen LogP contribution in [-0.2, 0) is 0 Å². The van der Waals surface area contributed by atoms with Gasteiger partial charge in [0.05, 0.1) is 0 Å². The molecular weight excluding hydrogens is 336 g/mol. The number of rotatable bonds is 10. The van der Waals surface area contributed by atoms with Gasteiger partial charge in [0, 0.05) is 11.8 Å². The molecule has 0 bridgehead atoms. The number of hydrogen-bond donors (Lipinski definition) is 0. The van der Waals surface area contributed by atoms with Gasteiger partial charge < -0.3 is 0 Å². The van der Waals surface area contributed by atoms with Crippen LogP contribution < -0.4 is 0 Å². The van der Waals surface area contributed by atoms with Crippen LogP contribution in [0.15, 0.2) is 71.4 Å². The summed E-state index contributed by atoms with van der Waals surface area (Å²) >= 11 is 0. The van der Waals surface area contributed by atoms with E-state index in [9.17, 15) is 0 Å². The minimum absolute atomic E-state index is 0.163. The van der Waals surface area contributed by atoms with Gasteiger partial charge in [0.15, 0.2) is 0 Å². The fourth-order valence-electron chi connectivity index (χ4n) is 3.49. The van der Waals surface area contributed by atoms with Crippen molar-refractivity contribution in [2.75, 3.05) is 0 Å². The van der Waals surface area contributed by atoms with E-state index in [4.69, 9.17) is 6.42 Å². The summed E-state index contributed by atoms with van der Waals surface area (Å²) in [6.07, 6.45) is 12.1. The van der Waals surface area contributed by atoms with Gasteiger partial charge in [-0.1, -0.05) is 79.6 Å². The summed E-state index contributed by atoms with van der Waals surface area (Å²) in [7, 11) is 0. The van der Waals surface area contributed by atoms with Crippen molar-refractivity contribution in [2.24, 2.45) is 5.92 Å². The predicted octanol–water partition coefficient (Wildman–Crippen LogP) is 8.32. The van der Waals surface area contributed by atoms with Crippen molar-refractivity contribution in [2.45, 2.75) is 73.1 Å². The zero-order valence-electron chi connectivity index (χ0n) is 18.9. The number of hydrogen-bond acceptors (Lipinski definition) is 0. The molecule has 0 saturated heterocycles. The zero-order chi connectivity index (χ0) is 21.3. The highest BCUT2D eigenvalue weighted by molar-refractivity contribution is 5.47. The summed E-state index contributed by atoms with van der Waals surface area (Å²) < 4.78 is 0. The van der Waals surface area contributed by atoms with Gasteiger partial charge in [-0.15, -0.1) is 12.3 Å². The molecule has 0 aliphatic carbocycles. The van der Waals surface area contributed by atoms with Crippen molar-refractivity contribution in [1.82, 2.24) is 0 Å². The lowest BCUT2D eigenvalue weighted by Crippen LogP contribution is -2.06. The molecule has 2 atom stereocenters. The minimum atomic E-state index is 0.163. The molecule has 0 aliphatic heterocycles. The molecule has 0 aliphatic rings. The molecule has 28 heavy (non-hydrogen) atoms. The Kier molecular flexibility index (Phi) is 9.81. The van der Waals surface area contributed by atoms with Gasteiger partial charge >= 0.3 is 0 Å². The molecule has 1 rings (SSSR count). The molecule has 2 unspecified atom stereocenters.